The summed E-state index contributed by atoms with van der Waals surface area (Å²) in [5, 5.41) is 12.3. The topological polar surface area (TPSA) is 80.6 Å². The number of nitrogens with one attached hydrogen (secondary N) is 1. The quantitative estimate of drug-likeness (QED) is 0.177. The molecule has 0 aliphatic heterocycles. The molecule has 3 aromatic carbocycles. The minimum Gasteiger partial charge on any atom is -0.493 e. The number of aryl methyl sites for hydroxylation is 1. The first-order valence-electron chi connectivity index (χ1n) is 11.0. The number of hydrogen-bond donors (Lipinski definition) is 1. The van der Waals surface area contributed by atoms with Gasteiger partial charge in [0.25, 0.3) is 5.91 Å². The lowest BCUT2D eigenvalue weighted by atomic mass is 10.1. The Balaban J connectivity index is 1.68. The van der Waals surface area contributed by atoms with E-state index in [0.29, 0.717) is 35.1 Å². The van der Waals surface area contributed by atoms with Crippen LogP contribution in [0.15, 0.2) is 66.2 Å². The number of nitriles is 1. The maximum absolute atomic E-state index is 12.7. The van der Waals surface area contributed by atoms with E-state index in [9.17, 15) is 10.1 Å². The van der Waals surface area contributed by atoms with E-state index >= 15 is 0 Å². The average molecular weight is 582 g/mol. The van der Waals surface area contributed by atoms with Crippen LogP contribution in [0.4, 0.5) is 5.69 Å². The van der Waals surface area contributed by atoms with E-state index < -0.39 is 5.91 Å². The van der Waals surface area contributed by atoms with Crippen LogP contribution >= 0.6 is 22.6 Å². The van der Waals surface area contributed by atoms with Gasteiger partial charge in [-0.1, -0.05) is 29.8 Å². The summed E-state index contributed by atoms with van der Waals surface area (Å²) < 4.78 is 17.9. The Morgan fingerprint density at radius 2 is 1.80 bits per heavy atom. The monoisotopic (exact) mass is 582 g/mol. The number of ether oxygens (including phenoxy) is 3. The Hall–Kier alpha value is -3.51. The summed E-state index contributed by atoms with van der Waals surface area (Å²) in [4.78, 5) is 12.7. The molecule has 0 unspecified atom stereocenters. The third kappa shape index (κ3) is 7.49. The van der Waals surface area contributed by atoms with E-state index in [1.54, 1.807) is 37.4 Å². The first-order valence-corrected chi connectivity index (χ1v) is 12.1. The smallest absolute Gasteiger partial charge is 0.266 e. The molecule has 7 heteroatoms. The molecule has 180 valence electrons. The highest BCUT2D eigenvalue weighted by Crippen LogP contribution is 2.35. The van der Waals surface area contributed by atoms with Crippen molar-refractivity contribution >= 4 is 40.3 Å². The van der Waals surface area contributed by atoms with Gasteiger partial charge in [0.2, 0.25) is 0 Å². The Labute approximate surface area is 219 Å². The molecule has 0 saturated heterocycles. The molecule has 0 aliphatic carbocycles. The van der Waals surface area contributed by atoms with Crippen LogP contribution < -0.4 is 19.5 Å². The van der Waals surface area contributed by atoms with E-state index in [2.05, 4.69) is 27.9 Å². The van der Waals surface area contributed by atoms with Crippen LogP contribution in [0.3, 0.4) is 0 Å². The minimum atomic E-state index is -0.502. The van der Waals surface area contributed by atoms with Crippen molar-refractivity contribution in [1.29, 1.82) is 5.26 Å². The number of nitrogens with zero attached hydrogens (tertiary/aromatic N) is 1. The molecule has 0 fully saturated rings. The first kappa shape index (κ1) is 26.1. The van der Waals surface area contributed by atoms with Gasteiger partial charge in [0.1, 0.15) is 24.0 Å². The van der Waals surface area contributed by atoms with Gasteiger partial charge in [-0.05, 0) is 97.0 Å². The molecule has 35 heavy (non-hydrogen) atoms. The molecule has 6 nitrogen and oxygen atoms in total. The van der Waals surface area contributed by atoms with E-state index in [0.717, 1.165) is 9.13 Å². The third-order valence-electron chi connectivity index (χ3n) is 4.92. The van der Waals surface area contributed by atoms with Crippen LogP contribution in [0.25, 0.3) is 6.08 Å². The molecule has 0 saturated carbocycles. The van der Waals surface area contributed by atoms with Crippen molar-refractivity contribution in [1.82, 2.24) is 0 Å². The van der Waals surface area contributed by atoms with Crippen LogP contribution in [-0.4, -0.2) is 19.1 Å². The molecule has 0 aliphatic rings. The van der Waals surface area contributed by atoms with Crippen LogP contribution in [0.5, 0.6) is 17.2 Å². The molecule has 1 amide bonds. The third-order valence-corrected chi connectivity index (χ3v) is 5.72. The maximum Gasteiger partial charge on any atom is 0.266 e. The molecule has 0 atom stereocenters. The van der Waals surface area contributed by atoms with Crippen molar-refractivity contribution in [3.8, 4) is 23.3 Å². The number of halogens is 1. The van der Waals surface area contributed by atoms with Crippen molar-refractivity contribution in [2.45, 2.75) is 33.5 Å². The number of carbonyl (C=O) groups excluding carboxylic acids is 1. The predicted molar refractivity (Wildman–Crippen MR) is 146 cm³/mol. The number of carbonyl (C=O) groups is 1. The highest BCUT2D eigenvalue weighted by atomic mass is 127. The van der Waals surface area contributed by atoms with Crippen molar-refractivity contribution < 1.29 is 19.0 Å². The Bertz CT molecular complexity index is 1240. The lowest BCUT2D eigenvalue weighted by molar-refractivity contribution is -0.112. The van der Waals surface area contributed by atoms with Gasteiger partial charge in [0, 0.05) is 5.69 Å². The van der Waals surface area contributed by atoms with Gasteiger partial charge >= 0.3 is 0 Å². The zero-order chi connectivity index (χ0) is 25.4. The van der Waals surface area contributed by atoms with E-state index in [1.807, 2.05) is 57.2 Å². The van der Waals surface area contributed by atoms with E-state index in [1.165, 1.54) is 11.6 Å². The highest BCUT2D eigenvalue weighted by molar-refractivity contribution is 14.1. The van der Waals surface area contributed by atoms with Gasteiger partial charge in [0.15, 0.2) is 11.5 Å². The molecule has 3 rings (SSSR count). The van der Waals surface area contributed by atoms with Crippen molar-refractivity contribution in [2.75, 3.05) is 12.4 Å². The second kappa shape index (κ2) is 12.3. The van der Waals surface area contributed by atoms with Crippen LogP contribution in [-0.2, 0) is 11.4 Å². The summed E-state index contributed by atoms with van der Waals surface area (Å²) in [5.41, 5.74) is 3.47. The van der Waals surface area contributed by atoms with Gasteiger partial charge < -0.3 is 19.5 Å². The lowest BCUT2D eigenvalue weighted by Crippen LogP contribution is -2.13. The summed E-state index contributed by atoms with van der Waals surface area (Å²) in [5.74, 6) is 1.35. The summed E-state index contributed by atoms with van der Waals surface area (Å²) >= 11 is 2.15. The maximum atomic E-state index is 12.7. The predicted octanol–water partition coefficient (Wildman–Crippen LogP) is 6.52. The average Bonchev–Trinajstić information content (AvgIpc) is 2.84. The van der Waals surface area contributed by atoms with Gasteiger partial charge in [-0.15, -0.1) is 0 Å². The summed E-state index contributed by atoms with van der Waals surface area (Å²) in [7, 11) is 1.55. The van der Waals surface area contributed by atoms with Gasteiger partial charge in [-0.2, -0.15) is 5.26 Å². The second-order valence-electron chi connectivity index (χ2n) is 8.12. The number of methoxy groups -OCH3 is 1. The largest absolute Gasteiger partial charge is 0.493 e. The van der Waals surface area contributed by atoms with Crippen LogP contribution in [0, 0.1) is 21.8 Å². The molecule has 0 aromatic heterocycles. The van der Waals surface area contributed by atoms with Crippen LogP contribution in [0.2, 0.25) is 0 Å². The molecule has 3 aromatic rings. The molecule has 0 bridgehead atoms. The van der Waals surface area contributed by atoms with E-state index in [-0.39, 0.29) is 11.7 Å². The van der Waals surface area contributed by atoms with Crippen molar-refractivity contribution in [3.05, 3.63) is 86.5 Å². The molecule has 0 radical (unpaired) electrons. The second-order valence-corrected chi connectivity index (χ2v) is 9.29. The standard InChI is InChI=1S/C28H27IN2O4/c1-18(2)35-27-25(29)14-21(15-26(27)33-4)13-22(16-30)28(32)31-23-9-11-24(12-10-23)34-17-20-7-5-19(3)6-8-20/h5-15,18H,17H2,1-4H3,(H,31,32)/b22-13+. The Morgan fingerprint density at radius 1 is 1.11 bits per heavy atom. The fourth-order valence-corrected chi connectivity index (χ4v) is 3.92. The number of benzene rings is 3. The molecular formula is C28H27IN2O4. The lowest BCUT2D eigenvalue weighted by Gasteiger charge is -2.16. The van der Waals surface area contributed by atoms with Gasteiger partial charge in [-0.3, -0.25) is 4.79 Å². The zero-order valence-electron chi connectivity index (χ0n) is 20.1. The SMILES string of the molecule is COc1cc(/C=C(\C#N)C(=O)Nc2ccc(OCc3ccc(C)cc3)cc2)cc(I)c1OC(C)C. The number of rotatable bonds is 9. The Morgan fingerprint density at radius 3 is 2.40 bits per heavy atom. The van der Waals surface area contributed by atoms with Crippen molar-refractivity contribution in [2.24, 2.45) is 0 Å². The number of hydrogen-bond acceptors (Lipinski definition) is 5. The van der Waals surface area contributed by atoms with E-state index in [4.69, 9.17) is 14.2 Å². The number of anilines is 1. The fourth-order valence-electron chi connectivity index (χ4n) is 3.17. The fraction of sp³-hybridized carbons (Fsp3) is 0.214. The van der Waals surface area contributed by atoms with Gasteiger partial charge in [0.05, 0.1) is 16.8 Å². The Kier molecular flexibility index (Phi) is 9.15. The molecule has 0 heterocycles. The minimum absolute atomic E-state index is 0.0151. The summed E-state index contributed by atoms with van der Waals surface area (Å²) in [6.45, 7) is 6.37. The van der Waals surface area contributed by atoms with Gasteiger partial charge in [-0.25, -0.2) is 0 Å². The normalized spacial score (nSPS) is 11.1. The molecule has 0 spiro atoms. The summed E-state index contributed by atoms with van der Waals surface area (Å²) in [6, 6.07) is 20.7. The number of amides is 1. The summed E-state index contributed by atoms with van der Waals surface area (Å²) in [6.07, 6.45) is 1.51. The molecular weight excluding hydrogens is 555 g/mol. The van der Waals surface area contributed by atoms with Crippen molar-refractivity contribution in [3.63, 3.8) is 0 Å². The first-order chi connectivity index (χ1) is 16.8. The molecule has 1 N–H and O–H groups in total. The highest BCUT2D eigenvalue weighted by Gasteiger charge is 2.15. The van der Waals surface area contributed by atoms with Crippen LogP contribution in [0.1, 0.15) is 30.5 Å². The zero-order valence-corrected chi connectivity index (χ0v) is 22.3.